The van der Waals surface area contributed by atoms with Gasteiger partial charge >= 0.3 is 0 Å². The Labute approximate surface area is 210 Å². The van der Waals surface area contributed by atoms with Gasteiger partial charge in [-0.2, -0.15) is 0 Å². The quantitative estimate of drug-likeness (QED) is 0.273. The normalized spacial score (nSPS) is 23.9. The first-order valence-electron chi connectivity index (χ1n) is 11.9. The minimum Gasteiger partial charge on any atom is -0.374 e. The van der Waals surface area contributed by atoms with Crippen LogP contribution in [0.25, 0.3) is 0 Å². The van der Waals surface area contributed by atoms with E-state index in [9.17, 15) is 10.1 Å². The van der Waals surface area contributed by atoms with Crippen LogP contribution in [-0.2, 0) is 43.5 Å². The van der Waals surface area contributed by atoms with Crippen molar-refractivity contribution in [1.82, 2.24) is 0 Å². The second-order valence-corrected chi connectivity index (χ2v) is 8.58. The maximum Gasteiger partial charge on any atom is 0.291 e. The third-order valence-corrected chi connectivity index (χ3v) is 6.05. The highest BCUT2D eigenvalue weighted by molar-refractivity contribution is 5.15. The SMILES string of the molecule is CO[C@@H]1O[C@H](COCc2ccccc2)[C@@H](OCc2ccccc2)[C@H](OCc2ccccc2)[C@H]1[N+](=O)[O-]. The Morgan fingerprint density at radius 2 is 1.22 bits per heavy atom. The van der Waals surface area contributed by atoms with Crippen molar-refractivity contribution in [3.63, 3.8) is 0 Å². The van der Waals surface area contributed by atoms with Crippen molar-refractivity contribution < 1.29 is 28.6 Å². The van der Waals surface area contributed by atoms with Gasteiger partial charge < -0.3 is 23.7 Å². The predicted octanol–water partition coefficient (Wildman–Crippen LogP) is 4.39. The number of methoxy groups -OCH3 is 1. The van der Waals surface area contributed by atoms with Gasteiger partial charge in [0.05, 0.1) is 26.4 Å². The molecule has 1 aliphatic rings. The Balaban J connectivity index is 1.55. The number of hydrogen-bond acceptors (Lipinski definition) is 7. The Morgan fingerprint density at radius 1 is 0.750 bits per heavy atom. The first-order valence-corrected chi connectivity index (χ1v) is 11.9. The first kappa shape index (κ1) is 25.9. The van der Waals surface area contributed by atoms with Gasteiger partial charge in [0.2, 0.25) is 6.29 Å². The molecule has 1 heterocycles. The largest absolute Gasteiger partial charge is 0.374 e. The van der Waals surface area contributed by atoms with E-state index in [1.54, 1.807) is 0 Å². The summed E-state index contributed by atoms with van der Waals surface area (Å²) in [5, 5.41) is 12.1. The van der Waals surface area contributed by atoms with Crippen LogP contribution >= 0.6 is 0 Å². The van der Waals surface area contributed by atoms with E-state index in [0.717, 1.165) is 16.7 Å². The first-order chi connectivity index (χ1) is 17.7. The summed E-state index contributed by atoms with van der Waals surface area (Å²) >= 11 is 0. The summed E-state index contributed by atoms with van der Waals surface area (Å²) in [6, 6.07) is 27.7. The summed E-state index contributed by atoms with van der Waals surface area (Å²) in [5.74, 6) is 0. The molecule has 1 saturated heterocycles. The summed E-state index contributed by atoms with van der Waals surface area (Å²) in [7, 11) is 1.39. The molecule has 0 amide bonds. The van der Waals surface area contributed by atoms with E-state index in [4.69, 9.17) is 23.7 Å². The van der Waals surface area contributed by atoms with E-state index in [0.29, 0.717) is 6.61 Å². The molecule has 190 valence electrons. The van der Waals surface area contributed by atoms with E-state index < -0.39 is 35.6 Å². The van der Waals surface area contributed by atoms with Crippen LogP contribution in [0, 0.1) is 10.1 Å². The maximum absolute atomic E-state index is 12.1. The van der Waals surface area contributed by atoms with Crippen LogP contribution in [0.3, 0.4) is 0 Å². The van der Waals surface area contributed by atoms with Gasteiger partial charge in [-0.05, 0) is 16.7 Å². The minimum atomic E-state index is -1.27. The third-order valence-electron chi connectivity index (χ3n) is 6.05. The fourth-order valence-corrected chi connectivity index (χ4v) is 4.24. The van der Waals surface area contributed by atoms with Crippen LogP contribution in [0.4, 0.5) is 0 Å². The molecule has 0 radical (unpaired) electrons. The van der Waals surface area contributed by atoms with Crippen LogP contribution < -0.4 is 0 Å². The molecule has 4 rings (SSSR count). The number of benzene rings is 3. The summed E-state index contributed by atoms with van der Waals surface area (Å²) in [6.07, 6.45) is -3.43. The van der Waals surface area contributed by atoms with Crippen molar-refractivity contribution in [2.24, 2.45) is 0 Å². The molecule has 0 saturated carbocycles. The lowest BCUT2D eigenvalue weighted by molar-refractivity contribution is -0.576. The number of nitro groups is 1. The molecule has 0 N–H and O–H groups in total. The zero-order valence-corrected chi connectivity index (χ0v) is 20.2. The molecule has 3 aromatic rings. The van der Waals surface area contributed by atoms with Gasteiger partial charge in [0.15, 0.2) is 6.10 Å². The molecular formula is C28H31NO7. The van der Waals surface area contributed by atoms with Crippen molar-refractivity contribution in [2.75, 3.05) is 13.7 Å². The van der Waals surface area contributed by atoms with Crippen molar-refractivity contribution in [3.05, 3.63) is 118 Å². The molecule has 1 aliphatic heterocycles. The van der Waals surface area contributed by atoms with Gasteiger partial charge in [0.25, 0.3) is 6.04 Å². The third kappa shape index (κ3) is 6.96. The van der Waals surface area contributed by atoms with Gasteiger partial charge in [0.1, 0.15) is 12.2 Å². The summed E-state index contributed by atoms with van der Waals surface area (Å²) < 4.78 is 29.8. The van der Waals surface area contributed by atoms with E-state index in [-0.39, 0.29) is 19.8 Å². The predicted molar refractivity (Wildman–Crippen MR) is 133 cm³/mol. The lowest BCUT2D eigenvalue weighted by Gasteiger charge is -2.41. The van der Waals surface area contributed by atoms with Gasteiger partial charge in [-0.15, -0.1) is 0 Å². The minimum absolute atomic E-state index is 0.157. The van der Waals surface area contributed by atoms with Crippen LogP contribution in [0.1, 0.15) is 16.7 Å². The zero-order valence-electron chi connectivity index (χ0n) is 20.2. The second kappa shape index (κ2) is 13.2. The zero-order chi connectivity index (χ0) is 25.2. The number of ether oxygens (including phenoxy) is 5. The Hall–Kier alpha value is -3.14. The van der Waals surface area contributed by atoms with Crippen molar-refractivity contribution in [1.29, 1.82) is 0 Å². The average molecular weight is 494 g/mol. The topological polar surface area (TPSA) is 89.3 Å². The van der Waals surface area contributed by atoms with Gasteiger partial charge in [0, 0.05) is 12.0 Å². The van der Waals surface area contributed by atoms with Crippen LogP contribution in [-0.4, -0.2) is 49.3 Å². The molecule has 3 aromatic carbocycles. The van der Waals surface area contributed by atoms with Crippen molar-refractivity contribution in [2.45, 2.75) is 50.5 Å². The fraction of sp³-hybridized carbons (Fsp3) is 0.357. The van der Waals surface area contributed by atoms with Crippen LogP contribution in [0.15, 0.2) is 91.0 Å². The number of hydrogen-bond donors (Lipinski definition) is 0. The maximum atomic E-state index is 12.1. The second-order valence-electron chi connectivity index (χ2n) is 8.58. The Morgan fingerprint density at radius 3 is 1.69 bits per heavy atom. The highest BCUT2D eigenvalue weighted by Crippen LogP contribution is 2.30. The van der Waals surface area contributed by atoms with Crippen molar-refractivity contribution in [3.8, 4) is 0 Å². The van der Waals surface area contributed by atoms with E-state index >= 15 is 0 Å². The lowest BCUT2D eigenvalue weighted by atomic mass is 9.96. The van der Waals surface area contributed by atoms with Crippen molar-refractivity contribution >= 4 is 0 Å². The Kier molecular flexibility index (Phi) is 9.54. The standard InChI is InChI=1S/C28H31NO7/c1-32-28-25(29(30)31)27(35-19-23-15-9-4-10-16-23)26(34-18-22-13-7-3-8-14-22)24(36-28)20-33-17-21-11-5-2-6-12-21/h2-16,24-28H,17-20H2,1H3/t24-,25-,26-,27-,28-/m1/s1. The molecule has 0 aromatic heterocycles. The monoisotopic (exact) mass is 493 g/mol. The molecular weight excluding hydrogens is 462 g/mol. The molecule has 8 heteroatoms. The fourth-order valence-electron chi connectivity index (χ4n) is 4.24. The molecule has 0 spiro atoms. The molecule has 1 fully saturated rings. The Bertz CT molecular complexity index is 1050. The summed E-state index contributed by atoms with van der Waals surface area (Å²) in [6.45, 7) is 0.966. The lowest BCUT2D eigenvalue weighted by Crippen LogP contribution is -2.63. The van der Waals surface area contributed by atoms with Gasteiger partial charge in [-0.1, -0.05) is 91.0 Å². The molecule has 0 unspecified atom stereocenters. The smallest absolute Gasteiger partial charge is 0.291 e. The molecule has 5 atom stereocenters. The van der Waals surface area contributed by atoms with Crippen LogP contribution in [0.2, 0.25) is 0 Å². The highest BCUT2D eigenvalue weighted by atomic mass is 16.7. The summed E-state index contributed by atoms with van der Waals surface area (Å²) in [4.78, 5) is 11.7. The van der Waals surface area contributed by atoms with E-state index in [1.165, 1.54) is 7.11 Å². The molecule has 0 aliphatic carbocycles. The molecule has 0 bridgehead atoms. The highest BCUT2D eigenvalue weighted by Gasteiger charge is 2.54. The number of nitrogens with zero attached hydrogens (tertiary/aromatic N) is 1. The van der Waals surface area contributed by atoms with Gasteiger partial charge in [-0.3, -0.25) is 10.1 Å². The molecule has 8 nitrogen and oxygen atoms in total. The van der Waals surface area contributed by atoms with E-state index in [2.05, 4.69) is 0 Å². The van der Waals surface area contributed by atoms with Crippen LogP contribution in [0.5, 0.6) is 0 Å². The molecule has 36 heavy (non-hydrogen) atoms. The van der Waals surface area contributed by atoms with Gasteiger partial charge in [-0.25, -0.2) is 0 Å². The van der Waals surface area contributed by atoms with E-state index in [1.807, 2.05) is 91.0 Å². The average Bonchev–Trinajstić information content (AvgIpc) is 2.92. The summed E-state index contributed by atoms with van der Waals surface area (Å²) in [5.41, 5.74) is 2.85. The number of rotatable bonds is 12.